The van der Waals surface area contributed by atoms with Crippen molar-refractivity contribution in [3.05, 3.63) is 22.7 Å². The highest BCUT2D eigenvalue weighted by Gasteiger charge is 2.07. The van der Waals surface area contributed by atoms with Crippen molar-refractivity contribution < 1.29 is 4.21 Å². The minimum absolute atomic E-state index is 0.677. The third kappa shape index (κ3) is 1.53. The van der Waals surface area contributed by atoms with E-state index in [-0.39, 0.29) is 0 Å². The standard InChI is InChI=1S/C8H7BrN2OS/c1-13(12)8-6-4-5(9)2-3-7(6)10-11-8/h2-4H,1H3,(H,10,11)/t13-/m1/s1. The van der Waals surface area contributed by atoms with Gasteiger partial charge in [-0.05, 0) is 18.2 Å². The van der Waals surface area contributed by atoms with E-state index in [9.17, 15) is 4.21 Å². The first-order valence-electron chi connectivity index (χ1n) is 3.65. The SMILES string of the molecule is C[S@@](=O)c1[nH]nc2ccc(Br)cc12. The van der Waals surface area contributed by atoms with Crippen molar-refractivity contribution in [3.63, 3.8) is 0 Å². The van der Waals surface area contributed by atoms with Gasteiger partial charge in [-0.25, -0.2) is 0 Å². The molecule has 0 aliphatic carbocycles. The first-order chi connectivity index (χ1) is 6.18. The van der Waals surface area contributed by atoms with Gasteiger partial charge in [-0.2, -0.15) is 5.10 Å². The van der Waals surface area contributed by atoms with Crippen LogP contribution in [-0.2, 0) is 10.8 Å². The van der Waals surface area contributed by atoms with Gasteiger partial charge < -0.3 is 0 Å². The molecule has 1 atom stereocenters. The van der Waals surface area contributed by atoms with Crippen LogP contribution in [-0.4, -0.2) is 20.7 Å². The minimum Gasteiger partial charge on any atom is -0.268 e. The number of hydrogen-bond donors (Lipinski definition) is 1. The monoisotopic (exact) mass is 258 g/mol. The van der Waals surface area contributed by atoms with Crippen molar-refractivity contribution in [1.29, 1.82) is 0 Å². The Morgan fingerprint density at radius 2 is 2.31 bits per heavy atom. The predicted molar refractivity (Wildman–Crippen MR) is 56.1 cm³/mol. The van der Waals surface area contributed by atoms with Crippen LogP contribution in [0.5, 0.6) is 0 Å². The maximum Gasteiger partial charge on any atom is 0.129 e. The zero-order chi connectivity index (χ0) is 9.42. The molecule has 0 aliphatic heterocycles. The summed E-state index contributed by atoms with van der Waals surface area (Å²) >= 11 is 3.36. The largest absolute Gasteiger partial charge is 0.268 e. The summed E-state index contributed by atoms with van der Waals surface area (Å²) in [5.41, 5.74) is 0.841. The Hall–Kier alpha value is -0.680. The number of nitrogens with one attached hydrogen (secondary N) is 1. The maximum atomic E-state index is 11.3. The summed E-state index contributed by atoms with van der Waals surface area (Å²) < 4.78 is 12.2. The average Bonchev–Trinajstić information content (AvgIpc) is 2.46. The molecule has 0 aliphatic rings. The Kier molecular flexibility index (Phi) is 2.21. The Morgan fingerprint density at radius 1 is 1.54 bits per heavy atom. The molecule has 0 saturated carbocycles. The van der Waals surface area contributed by atoms with E-state index >= 15 is 0 Å². The lowest BCUT2D eigenvalue weighted by molar-refractivity contribution is 0.684. The molecule has 2 aromatic rings. The zero-order valence-corrected chi connectivity index (χ0v) is 9.28. The Balaban J connectivity index is 2.79. The van der Waals surface area contributed by atoms with Gasteiger partial charge in [0.2, 0.25) is 0 Å². The number of halogens is 1. The molecule has 5 heteroatoms. The molecule has 1 aromatic carbocycles. The number of H-pyrrole nitrogens is 1. The second-order valence-electron chi connectivity index (χ2n) is 2.67. The van der Waals surface area contributed by atoms with E-state index in [1.165, 1.54) is 0 Å². The third-order valence-electron chi connectivity index (χ3n) is 1.77. The van der Waals surface area contributed by atoms with Gasteiger partial charge in [-0.1, -0.05) is 15.9 Å². The Bertz CT molecular complexity index is 480. The molecule has 1 aromatic heterocycles. The molecule has 13 heavy (non-hydrogen) atoms. The van der Waals surface area contributed by atoms with Crippen LogP contribution in [0.25, 0.3) is 10.9 Å². The lowest BCUT2D eigenvalue weighted by Gasteiger charge is -1.92. The van der Waals surface area contributed by atoms with Crippen LogP contribution in [0.2, 0.25) is 0 Å². The van der Waals surface area contributed by atoms with E-state index in [0.717, 1.165) is 15.4 Å². The highest BCUT2D eigenvalue weighted by Crippen LogP contribution is 2.22. The lowest BCUT2D eigenvalue weighted by atomic mass is 10.3. The Morgan fingerprint density at radius 3 is 3.00 bits per heavy atom. The molecule has 1 N–H and O–H groups in total. The lowest BCUT2D eigenvalue weighted by Crippen LogP contribution is -1.87. The van der Waals surface area contributed by atoms with Gasteiger partial charge in [0.15, 0.2) is 0 Å². The van der Waals surface area contributed by atoms with Gasteiger partial charge in [-0.3, -0.25) is 9.31 Å². The molecule has 2 rings (SSSR count). The van der Waals surface area contributed by atoms with Gasteiger partial charge in [0.05, 0.1) is 16.3 Å². The van der Waals surface area contributed by atoms with Crippen LogP contribution in [0.4, 0.5) is 0 Å². The van der Waals surface area contributed by atoms with E-state index in [1.54, 1.807) is 6.26 Å². The molecule has 0 amide bonds. The average molecular weight is 259 g/mol. The van der Waals surface area contributed by atoms with Crippen molar-refractivity contribution in [2.24, 2.45) is 0 Å². The summed E-state index contributed by atoms with van der Waals surface area (Å²) in [6.45, 7) is 0. The second-order valence-corrected chi connectivity index (χ2v) is 4.90. The summed E-state index contributed by atoms with van der Waals surface area (Å²) in [5.74, 6) is 0. The molecule has 1 heterocycles. The molecule has 3 nitrogen and oxygen atoms in total. The van der Waals surface area contributed by atoms with Crippen LogP contribution < -0.4 is 0 Å². The van der Waals surface area contributed by atoms with E-state index in [2.05, 4.69) is 26.1 Å². The summed E-state index contributed by atoms with van der Waals surface area (Å²) in [7, 11) is -1.02. The molecule has 0 saturated heterocycles. The highest BCUT2D eigenvalue weighted by atomic mass is 79.9. The first-order valence-corrected chi connectivity index (χ1v) is 6.00. The first kappa shape index (κ1) is 8.90. The van der Waals surface area contributed by atoms with E-state index in [4.69, 9.17) is 0 Å². The minimum atomic E-state index is -1.02. The van der Waals surface area contributed by atoms with Gasteiger partial charge in [0, 0.05) is 16.1 Å². The van der Waals surface area contributed by atoms with E-state index < -0.39 is 10.8 Å². The van der Waals surface area contributed by atoms with Gasteiger partial charge in [0.25, 0.3) is 0 Å². The fraction of sp³-hybridized carbons (Fsp3) is 0.125. The molecule has 0 radical (unpaired) electrons. The van der Waals surface area contributed by atoms with Crippen molar-refractivity contribution in [2.45, 2.75) is 5.03 Å². The number of aromatic amines is 1. The smallest absolute Gasteiger partial charge is 0.129 e. The van der Waals surface area contributed by atoms with E-state index in [1.807, 2.05) is 18.2 Å². The molecule has 0 unspecified atom stereocenters. The molecule has 0 bridgehead atoms. The fourth-order valence-corrected chi connectivity index (χ4v) is 2.19. The molecular formula is C8H7BrN2OS. The summed E-state index contributed by atoms with van der Waals surface area (Å²) in [4.78, 5) is 0. The summed E-state index contributed by atoms with van der Waals surface area (Å²) in [5, 5.41) is 8.40. The molecular weight excluding hydrogens is 252 g/mol. The zero-order valence-electron chi connectivity index (χ0n) is 6.87. The van der Waals surface area contributed by atoms with Gasteiger partial charge in [-0.15, -0.1) is 0 Å². The van der Waals surface area contributed by atoms with E-state index in [0.29, 0.717) is 5.03 Å². The van der Waals surface area contributed by atoms with Crippen molar-refractivity contribution >= 4 is 37.6 Å². The van der Waals surface area contributed by atoms with Crippen molar-refractivity contribution in [1.82, 2.24) is 10.2 Å². The summed E-state index contributed by atoms with van der Waals surface area (Å²) in [6, 6.07) is 5.70. The highest BCUT2D eigenvalue weighted by molar-refractivity contribution is 9.10. The van der Waals surface area contributed by atoms with Crippen LogP contribution in [0.15, 0.2) is 27.7 Å². The molecule has 68 valence electrons. The van der Waals surface area contributed by atoms with Gasteiger partial charge in [0.1, 0.15) is 5.03 Å². The summed E-state index contributed by atoms with van der Waals surface area (Å²) in [6.07, 6.45) is 1.63. The maximum absolute atomic E-state index is 11.3. The fourth-order valence-electron chi connectivity index (χ4n) is 1.18. The van der Waals surface area contributed by atoms with Crippen LogP contribution in [0.3, 0.4) is 0 Å². The molecule has 0 spiro atoms. The topological polar surface area (TPSA) is 45.8 Å². The quantitative estimate of drug-likeness (QED) is 0.852. The number of benzene rings is 1. The van der Waals surface area contributed by atoms with Crippen molar-refractivity contribution in [2.75, 3.05) is 6.26 Å². The van der Waals surface area contributed by atoms with Crippen LogP contribution in [0, 0.1) is 0 Å². The normalized spacial score (nSPS) is 13.4. The number of rotatable bonds is 1. The number of hydrogen-bond acceptors (Lipinski definition) is 2. The molecule has 0 fully saturated rings. The predicted octanol–water partition coefficient (Wildman–Crippen LogP) is 2.06. The van der Waals surface area contributed by atoms with Gasteiger partial charge >= 0.3 is 0 Å². The van der Waals surface area contributed by atoms with Crippen LogP contribution in [0.1, 0.15) is 0 Å². The number of aromatic nitrogens is 2. The Labute approximate surface area is 86.1 Å². The van der Waals surface area contributed by atoms with Crippen LogP contribution >= 0.6 is 15.9 Å². The van der Waals surface area contributed by atoms with Crippen molar-refractivity contribution in [3.8, 4) is 0 Å². The number of fused-ring (bicyclic) bond motifs is 1. The second kappa shape index (κ2) is 3.23. The number of nitrogens with zero attached hydrogens (tertiary/aromatic N) is 1. The third-order valence-corrected chi connectivity index (χ3v) is 3.15.